The van der Waals surface area contributed by atoms with Gasteiger partial charge in [0.05, 0.1) is 0 Å². The summed E-state index contributed by atoms with van der Waals surface area (Å²) in [4.78, 5) is 14.1. The number of aromatic nitrogens is 1. The molecule has 0 fully saturated rings. The smallest absolute Gasteiger partial charge is 0.321 e. The van der Waals surface area contributed by atoms with Gasteiger partial charge in [0.1, 0.15) is 11.9 Å². The van der Waals surface area contributed by atoms with Crippen LogP contribution in [0.15, 0.2) is 24.4 Å². The number of fused-ring (bicyclic) bond motifs is 1. The van der Waals surface area contributed by atoms with Gasteiger partial charge in [-0.2, -0.15) is 0 Å². The number of halogens is 1. The minimum Gasteiger partial charge on any atom is -0.480 e. The summed E-state index contributed by atoms with van der Waals surface area (Å²) in [5.41, 5.74) is 7.32. The Labute approximate surface area is 110 Å². The van der Waals surface area contributed by atoms with Gasteiger partial charge in [-0.1, -0.05) is 13.3 Å². The summed E-state index contributed by atoms with van der Waals surface area (Å²) in [5.74, 6) is -1.70. The van der Waals surface area contributed by atoms with Crippen LogP contribution in [0.2, 0.25) is 0 Å². The quantitative estimate of drug-likeness (QED) is 0.776. The van der Waals surface area contributed by atoms with E-state index in [9.17, 15) is 9.18 Å². The molecule has 2 unspecified atom stereocenters. The normalized spacial score (nSPS) is 14.5. The Morgan fingerprint density at radius 1 is 1.53 bits per heavy atom. The SMILES string of the molecule is CCCC(c1c[nH]c2ccc(F)cc12)C(N)C(=O)O. The molecule has 0 saturated carbocycles. The van der Waals surface area contributed by atoms with Crippen LogP contribution in [0, 0.1) is 5.82 Å². The number of aromatic amines is 1. The van der Waals surface area contributed by atoms with E-state index in [0.29, 0.717) is 11.8 Å². The zero-order valence-corrected chi connectivity index (χ0v) is 10.7. The lowest BCUT2D eigenvalue weighted by atomic mass is 9.88. The number of nitrogens with one attached hydrogen (secondary N) is 1. The monoisotopic (exact) mass is 264 g/mol. The first-order valence-corrected chi connectivity index (χ1v) is 6.29. The summed E-state index contributed by atoms with van der Waals surface area (Å²) < 4.78 is 13.3. The molecule has 0 aliphatic carbocycles. The Hall–Kier alpha value is -1.88. The molecule has 4 N–H and O–H groups in total. The number of hydrogen-bond acceptors (Lipinski definition) is 2. The number of benzene rings is 1. The van der Waals surface area contributed by atoms with E-state index in [1.54, 1.807) is 12.3 Å². The number of carbonyl (C=O) groups is 1. The van der Waals surface area contributed by atoms with Crippen molar-refractivity contribution in [3.05, 3.63) is 35.8 Å². The molecule has 0 saturated heterocycles. The number of aliphatic carboxylic acids is 1. The van der Waals surface area contributed by atoms with E-state index in [1.165, 1.54) is 12.1 Å². The second-order valence-corrected chi connectivity index (χ2v) is 4.69. The number of carboxylic acid groups (broad SMARTS) is 1. The average molecular weight is 264 g/mol. The van der Waals surface area contributed by atoms with E-state index in [2.05, 4.69) is 4.98 Å². The Morgan fingerprint density at radius 3 is 2.89 bits per heavy atom. The van der Waals surface area contributed by atoms with Crippen molar-refractivity contribution in [3.8, 4) is 0 Å². The third kappa shape index (κ3) is 2.61. The van der Waals surface area contributed by atoms with Crippen LogP contribution in [-0.2, 0) is 4.79 Å². The van der Waals surface area contributed by atoms with E-state index in [1.807, 2.05) is 6.92 Å². The fraction of sp³-hybridized carbons (Fsp3) is 0.357. The fourth-order valence-electron chi connectivity index (χ4n) is 2.43. The first kappa shape index (κ1) is 13.5. The van der Waals surface area contributed by atoms with Crippen molar-refractivity contribution < 1.29 is 14.3 Å². The highest BCUT2D eigenvalue weighted by atomic mass is 19.1. The second-order valence-electron chi connectivity index (χ2n) is 4.69. The predicted octanol–water partition coefficient (Wildman–Crippen LogP) is 2.60. The predicted molar refractivity (Wildman–Crippen MR) is 71.5 cm³/mol. The molecule has 19 heavy (non-hydrogen) atoms. The minimum atomic E-state index is -1.04. The number of H-pyrrole nitrogens is 1. The summed E-state index contributed by atoms with van der Waals surface area (Å²) in [6.07, 6.45) is 3.19. The van der Waals surface area contributed by atoms with E-state index >= 15 is 0 Å². The van der Waals surface area contributed by atoms with Gasteiger partial charge in [0.2, 0.25) is 0 Å². The van der Waals surface area contributed by atoms with Gasteiger partial charge < -0.3 is 15.8 Å². The summed E-state index contributed by atoms with van der Waals surface area (Å²) in [6.45, 7) is 1.97. The molecule has 0 spiro atoms. The van der Waals surface area contributed by atoms with Crippen molar-refractivity contribution in [2.24, 2.45) is 5.73 Å². The maximum Gasteiger partial charge on any atom is 0.321 e. The van der Waals surface area contributed by atoms with Gasteiger partial charge in [-0.25, -0.2) is 4.39 Å². The van der Waals surface area contributed by atoms with Crippen LogP contribution in [0.4, 0.5) is 4.39 Å². The van der Waals surface area contributed by atoms with Gasteiger partial charge in [0.25, 0.3) is 0 Å². The van der Waals surface area contributed by atoms with Gasteiger partial charge in [0, 0.05) is 23.0 Å². The Morgan fingerprint density at radius 2 is 2.26 bits per heavy atom. The van der Waals surface area contributed by atoms with E-state index in [-0.39, 0.29) is 11.7 Å². The molecule has 0 aliphatic rings. The van der Waals surface area contributed by atoms with Crippen molar-refractivity contribution in [3.63, 3.8) is 0 Å². The molecule has 2 aromatic rings. The largest absolute Gasteiger partial charge is 0.480 e. The first-order chi connectivity index (χ1) is 9.04. The molecular formula is C14H17FN2O2. The number of rotatable bonds is 5. The summed E-state index contributed by atoms with van der Waals surface area (Å²) in [6, 6.07) is 3.44. The maximum absolute atomic E-state index is 13.3. The molecule has 0 amide bonds. The number of nitrogens with two attached hydrogens (primary N) is 1. The van der Waals surface area contributed by atoms with Crippen LogP contribution >= 0.6 is 0 Å². The zero-order chi connectivity index (χ0) is 14.0. The van der Waals surface area contributed by atoms with Gasteiger partial charge in [-0.3, -0.25) is 4.79 Å². The lowest BCUT2D eigenvalue weighted by Crippen LogP contribution is -2.36. The summed E-state index contributed by atoms with van der Waals surface area (Å²) in [7, 11) is 0. The van der Waals surface area contributed by atoms with Crippen LogP contribution in [-0.4, -0.2) is 22.1 Å². The molecule has 2 rings (SSSR count). The van der Waals surface area contributed by atoms with E-state index < -0.39 is 12.0 Å². The topological polar surface area (TPSA) is 79.1 Å². The number of carboxylic acids is 1. The lowest BCUT2D eigenvalue weighted by Gasteiger charge is -2.19. The molecule has 0 bridgehead atoms. The van der Waals surface area contributed by atoms with Crippen LogP contribution in [0.25, 0.3) is 10.9 Å². The Balaban J connectivity index is 2.49. The van der Waals surface area contributed by atoms with Crippen molar-refractivity contribution >= 4 is 16.9 Å². The van der Waals surface area contributed by atoms with E-state index in [0.717, 1.165) is 17.5 Å². The Kier molecular flexibility index (Phi) is 3.85. The molecule has 0 aliphatic heterocycles. The summed E-state index contributed by atoms with van der Waals surface area (Å²) >= 11 is 0. The minimum absolute atomic E-state index is 0.321. The highest BCUT2D eigenvalue weighted by Gasteiger charge is 2.27. The van der Waals surface area contributed by atoms with Gasteiger partial charge in [-0.15, -0.1) is 0 Å². The summed E-state index contributed by atoms with van der Waals surface area (Å²) in [5, 5.41) is 9.80. The molecule has 1 heterocycles. The molecule has 2 atom stereocenters. The first-order valence-electron chi connectivity index (χ1n) is 6.29. The van der Waals surface area contributed by atoms with E-state index in [4.69, 9.17) is 10.8 Å². The van der Waals surface area contributed by atoms with Gasteiger partial charge in [0.15, 0.2) is 0 Å². The van der Waals surface area contributed by atoms with Crippen molar-refractivity contribution in [2.45, 2.75) is 31.7 Å². The van der Waals surface area contributed by atoms with Gasteiger partial charge >= 0.3 is 5.97 Å². The third-order valence-electron chi connectivity index (χ3n) is 3.39. The van der Waals surface area contributed by atoms with Crippen molar-refractivity contribution in [1.82, 2.24) is 4.98 Å². The highest BCUT2D eigenvalue weighted by Crippen LogP contribution is 2.31. The second kappa shape index (κ2) is 5.40. The molecule has 0 radical (unpaired) electrons. The van der Waals surface area contributed by atoms with Crippen molar-refractivity contribution in [1.29, 1.82) is 0 Å². The van der Waals surface area contributed by atoms with Crippen LogP contribution in [0.1, 0.15) is 31.2 Å². The van der Waals surface area contributed by atoms with Crippen LogP contribution in [0.3, 0.4) is 0 Å². The maximum atomic E-state index is 13.3. The van der Waals surface area contributed by atoms with Crippen LogP contribution in [0.5, 0.6) is 0 Å². The Bertz CT molecular complexity index is 594. The van der Waals surface area contributed by atoms with Gasteiger partial charge in [-0.05, 0) is 30.2 Å². The van der Waals surface area contributed by atoms with Crippen molar-refractivity contribution in [2.75, 3.05) is 0 Å². The fourth-order valence-corrected chi connectivity index (χ4v) is 2.43. The molecule has 102 valence electrons. The van der Waals surface area contributed by atoms with Crippen LogP contribution < -0.4 is 5.73 Å². The molecule has 1 aromatic carbocycles. The lowest BCUT2D eigenvalue weighted by molar-refractivity contribution is -0.139. The third-order valence-corrected chi connectivity index (χ3v) is 3.39. The zero-order valence-electron chi connectivity index (χ0n) is 10.7. The molecule has 4 nitrogen and oxygen atoms in total. The number of hydrogen-bond donors (Lipinski definition) is 3. The average Bonchev–Trinajstić information content (AvgIpc) is 2.77. The standard InChI is InChI=1S/C14H17FN2O2/c1-2-3-9(13(16)14(18)19)11-7-17-12-5-4-8(15)6-10(11)12/h4-7,9,13,17H,2-3,16H2,1H3,(H,18,19). The molecule has 5 heteroatoms. The highest BCUT2D eigenvalue weighted by molar-refractivity contribution is 5.85. The molecular weight excluding hydrogens is 247 g/mol. The molecule has 1 aromatic heterocycles.